The van der Waals surface area contributed by atoms with Gasteiger partial charge in [0.1, 0.15) is 0 Å². The quantitative estimate of drug-likeness (QED) is 0.791. The molecule has 84 valence electrons. The summed E-state index contributed by atoms with van der Waals surface area (Å²) in [6.45, 7) is -0.0859. The Labute approximate surface area is 98.7 Å². The van der Waals surface area contributed by atoms with Crippen LogP contribution in [0.4, 0.5) is 0 Å². The van der Waals surface area contributed by atoms with Crippen molar-refractivity contribution in [1.82, 2.24) is 4.57 Å². The highest BCUT2D eigenvalue weighted by Gasteiger charge is 2.11. The molecule has 0 aliphatic rings. The monoisotopic (exact) mass is 235 g/mol. The molecule has 1 N–H and O–H groups in total. The predicted molar refractivity (Wildman–Crippen MR) is 68.2 cm³/mol. The highest BCUT2D eigenvalue weighted by molar-refractivity contribution is 7.80. The highest BCUT2D eigenvalue weighted by Crippen LogP contribution is 2.16. The number of aliphatic hydroxyl groups excluding tert-OH is 1. The molecule has 2 aromatic rings. The molecule has 0 spiro atoms. The molecular weight excluding hydrogens is 222 g/mol. The van der Waals surface area contributed by atoms with Crippen molar-refractivity contribution in [2.45, 2.75) is 6.04 Å². The van der Waals surface area contributed by atoms with Crippen LogP contribution in [0.3, 0.4) is 0 Å². The van der Waals surface area contributed by atoms with E-state index in [-0.39, 0.29) is 18.2 Å². The Morgan fingerprint density at radius 1 is 1.25 bits per heavy atom. The smallest absolute Gasteiger partial charge is 0.251 e. The van der Waals surface area contributed by atoms with Crippen LogP contribution in [0.2, 0.25) is 0 Å². The maximum Gasteiger partial charge on any atom is 0.251 e. The van der Waals surface area contributed by atoms with Gasteiger partial charge in [0.05, 0.1) is 18.2 Å². The molecule has 1 aromatic heterocycles. The van der Waals surface area contributed by atoms with Crippen molar-refractivity contribution >= 4 is 23.5 Å². The average molecular weight is 235 g/mol. The topological polar surface area (TPSA) is 42.2 Å². The lowest BCUT2D eigenvalue weighted by molar-refractivity contribution is 0.242. The van der Waals surface area contributed by atoms with Gasteiger partial charge in [-0.05, 0) is 17.5 Å². The van der Waals surface area contributed by atoms with Crippen molar-refractivity contribution in [3.63, 3.8) is 0 Å². The number of hydrogen-bond acceptors (Lipinski definition) is 3. The Balaban J connectivity index is 2.75. The van der Waals surface area contributed by atoms with Crippen molar-refractivity contribution in [3.8, 4) is 0 Å². The Morgan fingerprint density at radius 2 is 2.00 bits per heavy atom. The molecule has 2 rings (SSSR count). The fourth-order valence-corrected chi connectivity index (χ4v) is 2.08. The van der Waals surface area contributed by atoms with Crippen LogP contribution in [0.1, 0.15) is 6.04 Å². The zero-order chi connectivity index (χ0) is 11.5. The molecular formula is C12H13NO2S. The van der Waals surface area contributed by atoms with E-state index in [4.69, 9.17) is 0 Å². The Morgan fingerprint density at radius 3 is 2.69 bits per heavy atom. The van der Waals surface area contributed by atoms with E-state index in [1.54, 1.807) is 10.6 Å². The second-order valence-electron chi connectivity index (χ2n) is 3.62. The molecule has 0 aliphatic carbocycles. The number of aromatic nitrogens is 1. The molecule has 1 atom stereocenters. The number of aliphatic hydroxyl groups is 1. The van der Waals surface area contributed by atoms with Gasteiger partial charge in [-0.25, -0.2) is 0 Å². The van der Waals surface area contributed by atoms with Crippen LogP contribution in [-0.4, -0.2) is 22.0 Å². The number of hydrogen-bond donors (Lipinski definition) is 2. The second-order valence-corrected chi connectivity index (χ2v) is 3.98. The van der Waals surface area contributed by atoms with Crippen LogP contribution in [0.5, 0.6) is 0 Å². The van der Waals surface area contributed by atoms with Crippen LogP contribution in [0.25, 0.3) is 10.9 Å². The third-order valence-corrected chi connectivity index (χ3v) is 3.05. The van der Waals surface area contributed by atoms with Gasteiger partial charge in [0.2, 0.25) is 0 Å². The maximum atomic E-state index is 11.8. The van der Waals surface area contributed by atoms with E-state index in [0.29, 0.717) is 5.75 Å². The number of fused-ring (bicyclic) bond motifs is 1. The first-order valence-corrected chi connectivity index (χ1v) is 5.73. The second kappa shape index (κ2) is 4.72. The SMILES string of the molecule is O=c1ccc2ccccc2n1C(CO)CS. The van der Waals surface area contributed by atoms with Crippen LogP contribution < -0.4 is 5.56 Å². The Bertz CT molecular complexity index is 546. The van der Waals surface area contributed by atoms with Gasteiger partial charge in [-0.15, -0.1) is 0 Å². The third-order valence-electron chi connectivity index (χ3n) is 2.63. The van der Waals surface area contributed by atoms with Gasteiger partial charge in [-0.3, -0.25) is 4.79 Å². The summed E-state index contributed by atoms with van der Waals surface area (Å²) in [5.74, 6) is 0.435. The molecule has 3 nitrogen and oxygen atoms in total. The van der Waals surface area contributed by atoms with E-state index in [2.05, 4.69) is 12.6 Å². The van der Waals surface area contributed by atoms with Crippen LogP contribution in [-0.2, 0) is 0 Å². The lowest BCUT2D eigenvalue weighted by Gasteiger charge is -2.17. The van der Waals surface area contributed by atoms with Gasteiger partial charge in [0, 0.05) is 11.8 Å². The summed E-state index contributed by atoms with van der Waals surface area (Å²) < 4.78 is 1.60. The largest absolute Gasteiger partial charge is 0.394 e. The summed E-state index contributed by atoms with van der Waals surface area (Å²) in [6, 6.07) is 10.7. The molecule has 0 bridgehead atoms. The molecule has 16 heavy (non-hydrogen) atoms. The first kappa shape index (κ1) is 11.2. The van der Waals surface area contributed by atoms with Gasteiger partial charge in [-0.1, -0.05) is 18.2 Å². The van der Waals surface area contributed by atoms with Crippen LogP contribution >= 0.6 is 12.6 Å². The van der Waals surface area contributed by atoms with Gasteiger partial charge in [0.15, 0.2) is 0 Å². The lowest BCUT2D eigenvalue weighted by Crippen LogP contribution is -2.27. The van der Waals surface area contributed by atoms with E-state index in [1.807, 2.05) is 24.3 Å². The maximum absolute atomic E-state index is 11.8. The average Bonchev–Trinajstić information content (AvgIpc) is 2.33. The fourth-order valence-electron chi connectivity index (χ4n) is 1.81. The summed E-state index contributed by atoms with van der Waals surface area (Å²) in [6.07, 6.45) is 0. The van der Waals surface area contributed by atoms with Crippen LogP contribution in [0.15, 0.2) is 41.2 Å². The highest BCUT2D eigenvalue weighted by atomic mass is 32.1. The number of nitrogens with zero attached hydrogens (tertiary/aromatic N) is 1. The van der Waals surface area contributed by atoms with Gasteiger partial charge in [0.25, 0.3) is 5.56 Å². The number of rotatable bonds is 3. The molecule has 4 heteroatoms. The molecule has 0 saturated heterocycles. The van der Waals surface area contributed by atoms with E-state index in [9.17, 15) is 9.90 Å². The van der Waals surface area contributed by atoms with Crippen molar-refractivity contribution in [3.05, 3.63) is 46.8 Å². The van der Waals surface area contributed by atoms with Crippen molar-refractivity contribution in [1.29, 1.82) is 0 Å². The summed E-state index contributed by atoms with van der Waals surface area (Å²) in [5, 5.41) is 10.2. The van der Waals surface area contributed by atoms with E-state index < -0.39 is 0 Å². The number of para-hydroxylation sites is 1. The number of pyridine rings is 1. The molecule has 0 radical (unpaired) electrons. The molecule has 0 aliphatic heterocycles. The number of thiol groups is 1. The minimum absolute atomic E-state index is 0.0859. The lowest BCUT2D eigenvalue weighted by atomic mass is 10.2. The van der Waals surface area contributed by atoms with Gasteiger partial charge >= 0.3 is 0 Å². The first-order chi connectivity index (χ1) is 7.77. The summed E-state index contributed by atoms with van der Waals surface area (Å²) in [4.78, 5) is 11.8. The van der Waals surface area contributed by atoms with Gasteiger partial charge in [-0.2, -0.15) is 12.6 Å². The van der Waals surface area contributed by atoms with E-state index in [1.165, 1.54) is 6.07 Å². The summed E-state index contributed by atoms with van der Waals surface area (Å²) in [7, 11) is 0. The zero-order valence-electron chi connectivity index (χ0n) is 8.71. The first-order valence-electron chi connectivity index (χ1n) is 5.10. The predicted octanol–water partition coefficient (Wildman–Crippen LogP) is 1.46. The normalized spacial score (nSPS) is 12.9. The molecule has 0 fully saturated rings. The third kappa shape index (κ3) is 1.86. The molecule has 0 amide bonds. The van der Waals surface area contributed by atoms with Crippen LogP contribution in [0, 0.1) is 0 Å². The minimum atomic E-state index is -0.276. The Kier molecular flexibility index (Phi) is 3.31. The summed E-state index contributed by atoms with van der Waals surface area (Å²) in [5.41, 5.74) is 0.731. The molecule has 0 saturated carbocycles. The van der Waals surface area contributed by atoms with E-state index in [0.717, 1.165) is 10.9 Å². The van der Waals surface area contributed by atoms with E-state index >= 15 is 0 Å². The minimum Gasteiger partial charge on any atom is -0.394 e. The standard InChI is InChI=1S/C12H13NO2S/c14-7-10(8-16)13-11-4-2-1-3-9(11)5-6-12(13)15/h1-6,10,14,16H,7-8H2. The fraction of sp³-hybridized carbons (Fsp3) is 0.250. The van der Waals surface area contributed by atoms with Crippen molar-refractivity contribution in [2.24, 2.45) is 0 Å². The van der Waals surface area contributed by atoms with Crippen molar-refractivity contribution in [2.75, 3.05) is 12.4 Å². The van der Waals surface area contributed by atoms with Crippen molar-refractivity contribution < 1.29 is 5.11 Å². The zero-order valence-corrected chi connectivity index (χ0v) is 9.60. The molecule has 1 aromatic carbocycles. The Hall–Kier alpha value is -1.26. The van der Waals surface area contributed by atoms with Gasteiger partial charge < -0.3 is 9.67 Å². The molecule has 1 unspecified atom stereocenters. The number of benzene rings is 1. The summed E-state index contributed by atoms with van der Waals surface area (Å²) >= 11 is 4.16. The molecule has 1 heterocycles.